The van der Waals surface area contributed by atoms with E-state index in [9.17, 15) is 4.79 Å². The molecule has 0 fully saturated rings. The van der Waals surface area contributed by atoms with Crippen molar-refractivity contribution in [1.29, 1.82) is 0 Å². The van der Waals surface area contributed by atoms with Crippen molar-refractivity contribution in [1.82, 2.24) is 0 Å². The topological polar surface area (TPSA) is 29.1 Å². The molecule has 2 aromatic rings. The Morgan fingerprint density at radius 1 is 1.31 bits per heavy atom. The highest BCUT2D eigenvalue weighted by molar-refractivity contribution is 9.10. The lowest BCUT2D eigenvalue weighted by molar-refractivity contribution is 0.103. The molecule has 0 bridgehead atoms. The number of amides is 1. The first-order valence-corrected chi connectivity index (χ1v) is 6.39. The normalized spacial score (nSPS) is 10.1. The van der Waals surface area contributed by atoms with Crippen LogP contribution in [-0.2, 0) is 0 Å². The summed E-state index contributed by atoms with van der Waals surface area (Å²) in [6.07, 6.45) is 0. The third-order valence-electron chi connectivity index (χ3n) is 2.05. The summed E-state index contributed by atoms with van der Waals surface area (Å²) >= 11 is 4.86. The first-order valence-electron chi connectivity index (χ1n) is 4.78. The minimum Gasteiger partial charge on any atom is -0.321 e. The molecule has 0 saturated heterocycles. The van der Waals surface area contributed by atoms with Crippen molar-refractivity contribution in [3.8, 4) is 0 Å². The van der Waals surface area contributed by atoms with Crippen molar-refractivity contribution in [3.05, 3.63) is 50.6 Å². The smallest absolute Gasteiger partial charge is 0.265 e. The van der Waals surface area contributed by atoms with Gasteiger partial charge in [-0.25, -0.2) is 0 Å². The quantitative estimate of drug-likeness (QED) is 0.889. The van der Waals surface area contributed by atoms with Crippen LogP contribution in [0.4, 0.5) is 5.69 Å². The molecule has 4 heteroatoms. The van der Waals surface area contributed by atoms with E-state index in [4.69, 9.17) is 0 Å². The van der Waals surface area contributed by atoms with Gasteiger partial charge in [0.25, 0.3) is 5.91 Å². The summed E-state index contributed by atoms with van der Waals surface area (Å²) in [5, 5.41) is 2.85. The molecular formula is C12H10BrNOS. The summed E-state index contributed by atoms with van der Waals surface area (Å²) in [6.45, 7) is 1.99. The molecule has 16 heavy (non-hydrogen) atoms. The first kappa shape index (κ1) is 11.4. The Morgan fingerprint density at radius 2 is 2.12 bits per heavy atom. The van der Waals surface area contributed by atoms with Crippen molar-refractivity contribution < 1.29 is 4.79 Å². The summed E-state index contributed by atoms with van der Waals surface area (Å²) in [7, 11) is 0. The lowest BCUT2D eigenvalue weighted by Crippen LogP contribution is -2.09. The van der Waals surface area contributed by atoms with Crippen LogP contribution in [0.2, 0.25) is 0 Å². The number of carbonyl (C=O) groups excluding carboxylic acids is 1. The Kier molecular flexibility index (Phi) is 3.41. The Morgan fingerprint density at radius 3 is 2.75 bits per heavy atom. The molecule has 2 nitrogen and oxygen atoms in total. The van der Waals surface area contributed by atoms with E-state index >= 15 is 0 Å². The minimum absolute atomic E-state index is 0.0591. The summed E-state index contributed by atoms with van der Waals surface area (Å²) in [6, 6.07) is 11.3. The zero-order chi connectivity index (χ0) is 11.5. The fraction of sp³-hybridized carbons (Fsp3) is 0.0833. The van der Waals surface area contributed by atoms with Gasteiger partial charge in [0.05, 0.1) is 4.88 Å². The van der Waals surface area contributed by atoms with Crippen LogP contribution >= 0.6 is 27.3 Å². The maximum atomic E-state index is 11.8. The fourth-order valence-electron chi connectivity index (χ4n) is 1.32. The molecule has 0 radical (unpaired) electrons. The van der Waals surface area contributed by atoms with Gasteiger partial charge >= 0.3 is 0 Å². The van der Waals surface area contributed by atoms with Gasteiger partial charge in [0.2, 0.25) is 0 Å². The average Bonchev–Trinajstić information content (AvgIpc) is 2.65. The number of halogens is 1. The standard InChI is InChI=1S/C12H10BrNOS/c1-8-5-6-11(16-8)12(15)14-10-4-2-3-9(13)7-10/h2-7H,1H3,(H,14,15). The van der Waals surface area contributed by atoms with Crippen LogP contribution in [0.25, 0.3) is 0 Å². The SMILES string of the molecule is Cc1ccc(C(=O)Nc2cccc(Br)c2)s1. The van der Waals surface area contributed by atoms with E-state index in [-0.39, 0.29) is 5.91 Å². The van der Waals surface area contributed by atoms with Crippen molar-refractivity contribution in [2.45, 2.75) is 6.92 Å². The van der Waals surface area contributed by atoms with Crippen LogP contribution in [0.5, 0.6) is 0 Å². The summed E-state index contributed by atoms with van der Waals surface area (Å²) in [5.74, 6) is -0.0591. The predicted octanol–water partition coefficient (Wildman–Crippen LogP) is 4.07. The van der Waals surface area contributed by atoms with Crippen LogP contribution in [0, 0.1) is 6.92 Å². The number of benzene rings is 1. The highest BCUT2D eigenvalue weighted by atomic mass is 79.9. The predicted molar refractivity (Wildman–Crippen MR) is 71.2 cm³/mol. The summed E-state index contributed by atoms with van der Waals surface area (Å²) in [4.78, 5) is 13.7. The highest BCUT2D eigenvalue weighted by Gasteiger charge is 2.07. The molecule has 0 aliphatic heterocycles. The van der Waals surface area contributed by atoms with Gasteiger partial charge in [-0.05, 0) is 37.3 Å². The Balaban J connectivity index is 2.13. The first-order chi connectivity index (χ1) is 7.65. The van der Waals surface area contributed by atoms with Crippen LogP contribution < -0.4 is 5.32 Å². The molecule has 0 aliphatic rings. The molecule has 1 aromatic heterocycles. The van der Waals surface area contributed by atoms with E-state index in [1.807, 2.05) is 43.3 Å². The van der Waals surface area contributed by atoms with Gasteiger partial charge < -0.3 is 5.32 Å². The molecule has 1 N–H and O–H groups in total. The van der Waals surface area contributed by atoms with E-state index in [1.54, 1.807) is 0 Å². The maximum absolute atomic E-state index is 11.8. The Hall–Kier alpha value is -1.13. The number of rotatable bonds is 2. The number of aryl methyl sites for hydroxylation is 1. The van der Waals surface area contributed by atoms with Crippen molar-refractivity contribution in [2.75, 3.05) is 5.32 Å². The van der Waals surface area contributed by atoms with Crippen LogP contribution in [0.1, 0.15) is 14.5 Å². The second-order valence-corrected chi connectivity index (χ2v) is 5.58. The maximum Gasteiger partial charge on any atom is 0.265 e. The van der Waals surface area contributed by atoms with Crippen LogP contribution in [0.3, 0.4) is 0 Å². The Bertz CT molecular complexity index is 521. The molecule has 1 amide bonds. The van der Waals surface area contributed by atoms with Gasteiger partial charge in [-0.3, -0.25) is 4.79 Å². The molecule has 0 spiro atoms. The molecule has 1 heterocycles. The summed E-state index contributed by atoms with van der Waals surface area (Å²) in [5.41, 5.74) is 0.797. The molecular weight excluding hydrogens is 286 g/mol. The molecule has 0 unspecified atom stereocenters. The monoisotopic (exact) mass is 295 g/mol. The van der Waals surface area contributed by atoms with Crippen LogP contribution in [-0.4, -0.2) is 5.91 Å². The van der Waals surface area contributed by atoms with E-state index in [0.717, 1.165) is 19.9 Å². The zero-order valence-corrected chi connectivity index (χ0v) is 11.1. The van der Waals surface area contributed by atoms with Gasteiger partial charge in [-0.15, -0.1) is 11.3 Å². The van der Waals surface area contributed by atoms with E-state index < -0.39 is 0 Å². The van der Waals surface area contributed by atoms with Gasteiger partial charge in [-0.2, -0.15) is 0 Å². The number of hydrogen-bond donors (Lipinski definition) is 1. The molecule has 0 atom stereocenters. The van der Waals surface area contributed by atoms with Crippen LogP contribution in [0.15, 0.2) is 40.9 Å². The summed E-state index contributed by atoms with van der Waals surface area (Å²) < 4.78 is 0.952. The van der Waals surface area contributed by atoms with E-state index in [2.05, 4.69) is 21.2 Å². The molecule has 0 saturated carbocycles. The lowest BCUT2D eigenvalue weighted by Gasteiger charge is -2.03. The minimum atomic E-state index is -0.0591. The van der Waals surface area contributed by atoms with E-state index in [0.29, 0.717) is 0 Å². The lowest BCUT2D eigenvalue weighted by atomic mass is 10.3. The molecule has 82 valence electrons. The van der Waals surface area contributed by atoms with Crippen molar-refractivity contribution in [2.24, 2.45) is 0 Å². The van der Waals surface area contributed by atoms with Gasteiger partial charge in [0.1, 0.15) is 0 Å². The van der Waals surface area contributed by atoms with E-state index in [1.165, 1.54) is 11.3 Å². The molecule has 1 aromatic carbocycles. The largest absolute Gasteiger partial charge is 0.321 e. The second-order valence-electron chi connectivity index (χ2n) is 3.37. The Labute approximate surface area is 106 Å². The fourth-order valence-corrected chi connectivity index (χ4v) is 2.48. The number of hydrogen-bond acceptors (Lipinski definition) is 2. The number of thiophene rings is 1. The number of nitrogens with one attached hydrogen (secondary N) is 1. The van der Waals surface area contributed by atoms with Gasteiger partial charge in [-0.1, -0.05) is 22.0 Å². The zero-order valence-electron chi connectivity index (χ0n) is 8.66. The molecule has 0 aliphatic carbocycles. The van der Waals surface area contributed by atoms with Gasteiger partial charge in [0, 0.05) is 15.0 Å². The second kappa shape index (κ2) is 4.80. The third kappa shape index (κ3) is 2.71. The third-order valence-corrected chi connectivity index (χ3v) is 3.54. The molecule has 2 rings (SSSR count). The average molecular weight is 296 g/mol. The van der Waals surface area contributed by atoms with Crippen molar-refractivity contribution in [3.63, 3.8) is 0 Å². The number of carbonyl (C=O) groups is 1. The number of anilines is 1. The van der Waals surface area contributed by atoms with Crippen molar-refractivity contribution >= 4 is 38.9 Å². The van der Waals surface area contributed by atoms with Gasteiger partial charge in [0.15, 0.2) is 0 Å². The highest BCUT2D eigenvalue weighted by Crippen LogP contribution is 2.19.